The van der Waals surface area contributed by atoms with Gasteiger partial charge in [-0.25, -0.2) is 0 Å². The molecular formula is C19H17N3OS. The van der Waals surface area contributed by atoms with Crippen molar-refractivity contribution in [2.24, 2.45) is 0 Å². The summed E-state index contributed by atoms with van der Waals surface area (Å²) in [5.74, 6) is 0.821. The van der Waals surface area contributed by atoms with Crippen LogP contribution in [0.3, 0.4) is 0 Å². The van der Waals surface area contributed by atoms with Gasteiger partial charge >= 0.3 is 0 Å². The molecule has 0 spiro atoms. The van der Waals surface area contributed by atoms with Crippen LogP contribution in [0.5, 0.6) is 0 Å². The van der Waals surface area contributed by atoms with Gasteiger partial charge in [0.15, 0.2) is 0 Å². The summed E-state index contributed by atoms with van der Waals surface area (Å²) in [6, 6.07) is 6.37. The van der Waals surface area contributed by atoms with Crippen molar-refractivity contribution < 1.29 is 4.52 Å². The average Bonchev–Trinajstić information content (AvgIpc) is 3.08. The number of nitrogens with one attached hydrogen (secondary N) is 1. The summed E-state index contributed by atoms with van der Waals surface area (Å²) in [6.45, 7) is 6.01. The normalized spacial score (nSPS) is 13.0. The van der Waals surface area contributed by atoms with Crippen LogP contribution in [-0.2, 0) is 6.42 Å². The third-order valence-electron chi connectivity index (χ3n) is 4.51. The molecule has 120 valence electrons. The van der Waals surface area contributed by atoms with Crippen molar-refractivity contribution in [3.63, 3.8) is 0 Å². The Bertz CT molecular complexity index is 955. The van der Waals surface area contributed by atoms with Crippen molar-refractivity contribution in [3.05, 3.63) is 53.2 Å². The van der Waals surface area contributed by atoms with Crippen LogP contribution < -0.4 is 5.32 Å². The van der Waals surface area contributed by atoms with Crippen molar-refractivity contribution >= 4 is 22.9 Å². The number of hydrogen-bond acceptors (Lipinski definition) is 4. The molecule has 0 unspecified atom stereocenters. The van der Waals surface area contributed by atoms with E-state index in [0.29, 0.717) is 0 Å². The summed E-state index contributed by atoms with van der Waals surface area (Å²) in [4.78, 5) is 5.16. The van der Waals surface area contributed by atoms with Gasteiger partial charge in [0.25, 0.3) is 0 Å². The molecule has 4 rings (SSSR count). The van der Waals surface area contributed by atoms with Crippen molar-refractivity contribution in [1.29, 1.82) is 0 Å². The Morgan fingerprint density at radius 1 is 1.17 bits per heavy atom. The van der Waals surface area contributed by atoms with Gasteiger partial charge in [-0.1, -0.05) is 17.4 Å². The zero-order valence-electron chi connectivity index (χ0n) is 13.8. The molecule has 1 aliphatic rings. The van der Waals surface area contributed by atoms with Gasteiger partial charge < -0.3 is 9.84 Å². The highest BCUT2D eigenvalue weighted by Crippen LogP contribution is 2.40. The molecule has 1 aliphatic heterocycles. The zero-order valence-corrected chi connectivity index (χ0v) is 14.6. The number of aromatic nitrogens is 2. The van der Waals surface area contributed by atoms with Crippen molar-refractivity contribution in [2.45, 2.75) is 27.2 Å². The first kappa shape index (κ1) is 15.0. The lowest BCUT2D eigenvalue weighted by Crippen LogP contribution is -2.00. The standard InChI is InChI=1S/C19H17N3OS/c1-10-4-5-20-9-16(10)14-6-13(19-11(2)22-23-12(19)3)7-17-15(14)8-18(24)21-17/h4-7,9H,8H2,1-3H3,(H,21,24). The molecule has 24 heavy (non-hydrogen) atoms. The number of rotatable bonds is 2. The maximum Gasteiger partial charge on any atom is 0.141 e. The summed E-state index contributed by atoms with van der Waals surface area (Å²) >= 11 is 5.40. The Kier molecular flexibility index (Phi) is 3.46. The molecule has 2 aromatic heterocycles. The van der Waals surface area contributed by atoms with Crippen molar-refractivity contribution in [2.75, 3.05) is 5.32 Å². The molecule has 0 aliphatic carbocycles. The second-order valence-corrected chi connectivity index (χ2v) is 6.66. The predicted octanol–water partition coefficient (Wildman–Crippen LogP) is 4.62. The van der Waals surface area contributed by atoms with Crippen molar-refractivity contribution in [1.82, 2.24) is 10.1 Å². The number of fused-ring (bicyclic) bond motifs is 1. The first-order valence-corrected chi connectivity index (χ1v) is 8.26. The van der Waals surface area contributed by atoms with E-state index in [1.54, 1.807) is 0 Å². The fraction of sp³-hybridized carbons (Fsp3) is 0.211. The first-order valence-electron chi connectivity index (χ1n) is 7.85. The SMILES string of the molecule is Cc1ccncc1-c1cc(-c2c(C)noc2C)cc2c1CC(=S)N2. The maximum atomic E-state index is 5.40. The summed E-state index contributed by atoms with van der Waals surface area (Å²) in [5.41, 5.74) is 8.81. The molecule has 0 radical (unpaired) electrons. The third kappa shape index (κ3) is 2.32. The molecular weight excluding hydrogens is 318 g/mol. The molecule has 3 heterocycles. The van der Waals surface area contributed by atoms with Gasteiger partial charge in [0, 0.05) is 35.6 Å². The molecule has 1 aromatic carbocycles. The van der Waals surface area contributed by atoms with E-state index in [1.165, 1.54) is 16.7 Å². The molecule has 0 saturated heterocycles. The Morgan fingerprint density at radius 2 is 2.00 bits per heavy atom. The van der Waals surface area contributed by atoms with Gasteiger partial charge in [0.2, 0.25) is 0 Å². The highest BCUT2D eigenvalue weighted by Gasteiger charge is 2.23. The Labute approximate surface area is 145 Å². The Balaban J connectivity index is 2.00. The Hall–Kier alpha value is -2.53. The molecule has 0 amide bonds. The van der Waals surface area contributed by atoms with Gasteiger partial charge in [-0.3, -0.25) is 4.98 Å². The van der Waals surface area contributed by atoms with Crippen LogP contribution in [0.1, 0.15) is 22.6 Å². The molecule has 0 fully saturated rings. The van der Waals surface area contributed by atoms with Gasteiger partial charge in [-0.15, -0.1) is 0 Å². The van der Waals surface area contributed by atoms with E-state index >= 15 is 0 Å². The Morgan fingerprint density at radius 3 is 2.71 bits per heavy atom. The fourth-order valence-corrected chi connectivity index (χ4v) is 3.61. The van der Waals surface area contributed by atoms with E-state index in [2.05, 4.69) is 34.5 Å². The topological polar surface area (TPSA) is 51.0 Å². The monoisotopic (exact) mass is 335 g/mol. The van der Waals surface area contributed by atoms with Crippen LogP contribution >= 0.6 is 12.2 Å². The number of benzene rings is 1. The van der Waals surface area contributed by atoms with Crippen LogP contribution in [0.15, 0.2) is 35.1 Å². The van der Waals surface area contributed by atoms with Crippen LogP contribution in [-0.4, -0.2) is 15.1 Å². The molecule has 5 heteroatoms. The smallest absolute Gasteiger partial charge is 0.141 e. The second-order valence-electron chi connectivity index (χ2n) is 6.16. The molecule has 0 saturated carbocycles. The molecule has 1 N–H and O–H groups in total. The molecule has 4 nitrogen and oxygen atoms in total. The largest absolute Gasteiger partial charge is 0.361 e. The first-order chi connectivity index (χ1) is 11.5. The molecule has 0 atom stereocenters. The summed E-state index contributed by atoms with van der Waals surface area (Å²) in [7, 11) is 0. The van der Waals surface area contributed by atoms with Crippen LogP contribution in [0.25, 0.3) is 22.3 Å². The summed E-state index contributed by atoms with van der Waals surface area (Å²) in [6.07, 6.45) is 4.50. The summed E-state index contributed by atoms with van der Waals surface area (Å²) < 4.78 is 5.35. The van der Waals surface area contributed by atoms with Gasteiger partial charge in [-0.2, -0.15) is 0 Å². The van der Waals surface area contributed by atoms with Crippen LogP contribution in [0, 0.1) is 20.8 Å². The van der Waals surface area contributed by atoms with E-state index in [4.69, 9.17) is 16.7 Å². The lowest BCUT2D eigenvalue weighted by molar-refractivity contribution is 0.393. The number of pyridine rings is 1. The zero-order chi connectivity index (χ0) is 16.8. The minimum absolute atomic E-state index is 0.760. The van der Waals surface area contributed by atoms with E-state index in [1.807, 2.05) is 32.3 Å². The van der Waals surface area contributed by atoms with Crippen LogP contribution in [0.2, 0.25) is 0 Å². The van der Waals surface area contributed by atoms with Gasteiger partial charge in [-0.05, 0) is 61.2 Å². The highest BCUT2D eigenvalue weighted by atomic mass is 32.1. The predicted molar refractivity (Wildman–Crippen MR) is 99.3 cm³/mol. The minimum Gasteiger partial charge on any atom is -0.361 e. The second kappa shape index (κ2) is 5.53. The average molecular weight is 335 g/mol. The third-order valence-corrected chi connectivity index (χ3v) is 4.76. The van der Waals surface area contributed by atoms with Gasteiger partial charge in [0.1, 0.15) is 5.76 Å². The lowest BCUT2D eigenvalue weighted by Gasteiger charge is -2.13. The quantitative estimate of drug-likeness (QED) is 0.692. The van der Waals surface area contributed by atoms with E-state index in [0.717, 1.165) is 45.2 Å². The lowest BCUT2D eigenvalue weighted by atomic mass is 9.91. The number of nitrogens with zero attached hydrogens (tertiary/aromatic N) is 2. The van der Waals surface area contributed by atoms with Gasteiger partial charge in [0.05, 0.1) is 10.7 Å². The van der Waals surface area contributed by atoms with E-state index in [-0.39, 0.29) is 0 Å². The molecule has 3 aromatic rings. The maximum absolute atomic E-state index is 5.40. The minimum atomic E-state index is 0.760. The van der Waals surface area contributed by atoms with Crippen LogP contribution in [0.4, 0.5) is 5.69 Å². The number of anilines is 1. The number of aryl methyl sites for hydroxylation is 3. The van der Waals surface area contributed by atoms with E-state index < -0.39 is 0 Å². The fourth-order valence-electron chi connectivity index (χ4n) is 3.35. The number of hydrogen-bond donors (Lipinski definition) is 1. The number of thiocarbonyl (C=S) groups is 1. The van der Waals surface area contributed by atoms with E-state index in [9.17, 15) is 0 Å². The highest BCUT2D eigenvalue weighted by molar-refractivity contribution is 7.80. The summed E-state index contributed by atoms with van der Waals surface area (Å²) in [5, 5.41) is 7.42. The molecule has 0 bridgehead atoms. The van der Waals surface area contributed by atoms with Crippen molar-refractivity contribution in [3.8, 4) is 22.3 Å².